The van der Waals surface area contributed by atoms with Gasteiger partial charge in [0.15, 0.2) is 0 Å². The Kier molecular flexibility index (Phi) is 2.95. The zero-order chi connectivity index (χ0) is 8.10. The molecule has 1 aromatic heterocycles. The van der Waals surface area contributed by atoms with Crippen LogP contribution in [0, 0.1) is 6.20 Å². The fraction of sp³-hybridized carbons (Fsp3) is 0.625. The number of unbranched alkanes of at least 4 members (excludes halogenated alkanes) is 1. The standard InChI is InChI=1S/C8H13N2O/c1-3-4-7-11-8-5-6-9-10(8)2/h5H,3-4,7H2,1-2H3. The maximum atomic E-state index is 5.39. The van der Waals surface area contributed by atoms with Crippen LogP contribution in [0.15, 0.2) is 6.07 Å². The molecule has 0 amide bonds. The first kappa shape index (κ1) is 8.11. The molecule has 1 aromatic rings. The minimum absolute atomic E-state index is 0.768. The molecular weight excluding hydrogens is 140 g/mol. The number of hydrogen-bond acceptors (Lipinski definition) is 2. The quantitative estimate of drug-likeness (QED) is 0.611. The van der Waals surface area contributed by atoms with Crippen molar-refractivity contribution in [1.29, 1.82) is 0 Å². The Bertz CT molecular complexity index is 208. The average molecular weight is 153 g/mol. The molecule has 0 saturated carbocycles. The Labute approximate surface area is 67.0 Å². The molecule has 0 aliphatic carbocycles. The summed E-state index contributed by atoms with van der Waals surface area (Å²) in [5.41, 5.74) is 0. The molecule has 1 heterocycles. The van der Waals surface area contributed by atoms with Crippen molar-refractivity contribution in [2.24, 2.45) is 7.05 Å². The molecule has 0 aliphatic rings. The lowest BCUT2D eigenvalue weighted by Gasteiger charge is -2.03. The summed E-state index contributed by atoms with van der Waals surface area (Å²) in [6.07, 6.45) is 4.96. The lowest BCUT2D eigenvalue weighted by molar-refractivity contribution is 0.283. The van der Waals surface area contributed by atoms with Gasteiger partial charge in [0.25, 0.3) is 0 Å². The molecule has 0 aliphatic heterocycles. The van der Waals surface area contributed by atoms with Gasteiger partial charge < -0.3 is 4.74 Å². The van der Waals surface area contributed by atoms with Crippen molar-refractivity contribution in [3.8, 4) is 5.88 Å². The van der Waals surface area contributed by atoms with Crippen LogP contribution >= 0.6 is 0 Å². The third kappa shape index (κ3) is 2.26. The first-order valence-electron chi connectivity index (χ1n) is 3.87. The molecule has 3 nitrogen and oxygen atoms in total. The molecule has 3 heteroatoms. The zero-order valence-electron chi connectivity index (χ0n) is 7.00. The first-order valence-corrected chi connectivity index (χ1v) is 3.87. The minimum Gasteiger partial charge on any atom is -0.478 e. The van der Waals surface area contributed by atoms with Gasteiger partial charge in [-0.1, -0.05) is 13.3 Å². The van der Waals surface area contributed by atoms with Crippen molar-refractivity contribution in [1.82, 2.24) is 9.78 Å². The van der Waals surface area contributed by atoms with Crippen LogP contribution in [-0.2, 0) is 7.05 Å². The molecule has 61 valence electrons. The summed E-state index contributed by atoms with van der Waals surface area (Å²) >= 11 is 0. The van der Waals surface area contributed by atoms with Crippen molar-refractivity contribution < 1.29 is 4.74 Å². The predicted molar refractivity (Wildman–Crippen MR) is 42.4 cm³/mol. The van der Waals surface area contributed by atoms with Gasteiger partial charge in [-0.05, 0) is 6.42 Å². The van der Waals surface area contributed by atoms with E-state index in [1.165, 1.54) is 0 Å². The summed E-state index contributed by atoms with van der Waals surface area (Å²) in [6, 6.07) is 1.75. The summed E-state index contributed by atoms with van der Waals surface area (Å²) in [4.78, 5) is 0. The maximum Gasteiger partial charge on any atom is 0.212 e. The van der Waals surface area contributed by atoms with E-state index in [4.69, 9.17) is 4.74 Å². The van der Waals surface area contributed by atoms with Crippen LogP contribution in [0.5, 0.6) is 5.88 Å². The number of aromatic nitrogens is 2. The van der Waals surface area contributed by atoms with Crippen molar-refractivity contribution in [2.75, 3.05) is 6.61 Å². The summed E-state index contributed by atoms with van der Waals surface area (Å²) in [5, 5.41) is 3.86. The molecule has 0 aromatic carbocycles. The summed E-state index contributed by atoms with van der Waals surface area (Å²) in [5.74, 6) is 0.790. The van der Waals surface area contributed by atoms with Crippen LogP contribution in [0.3, 0.4) is 0 Å². The minimum atomic E-state index is 0.768. The van der Waals surface area contributed by atoms with Gasteiger partial charge in [-0.25, -0.2) is 4.68 Å². The topological polar surface area (TPSA) is 27.1 Å². The van der Waals surface area contributed by atoms with Crippen LogP contribution in [0.25, 0.3) is 0 Å². The van der Waals surface area contributed by atoms with Crippen molar-refractivity contribution in [2.45, 2.75) is 19.8 Å². The molecule has 0 unspecified atom stereocenters. The van der Waals surface area contributed by atoms with E-state index in [0.29, 0.717) is 0 Å². The lowest BCUT2D eigenvalue weighted by Crippen LogP contribution is -2.01. The molecule has 0 bridgehead atoms. The van der Waals surface area contributed by atoms with Crippen molar-refractivity contribution in [3.63, 3.8) is 0 Å². The Morgan fingerprint density at radius 2 is 2.55 bits per heavy atom. The molecule has 0 N–H and O–H groups in total. The zero-order valence-corrected chi connectivity index (χ0v) is 7.00. The highest BCUT2D eigenvalue weighted by Gasteiger charge is 1.96. The Balaban J connectivity index is 2.32. The van der Waals surface area contributed by atoms with Gasteiger partial charge in [0, 0.05) is 13.1 Å². The second kappa shape index (κ2) is 4.01. The largest absolute Gasteiger partial charge is 0.478 e. The normalized spacial score (nSPS) is 10.0. The Morgan fingerprint density at radius 3 is 3.09 bits per heavy atom. The van der Waals surface area contributed by atoms with E-state index in [2.05, 4.69) is 18.2 Å². The molecule has 1 radical (unpaired) electrons. The Hall–Kier alpha value is -0.990. The average Bonchev–Trinajstić information content (AvgIpc) is 2.37. The van der Waals surface area contributed by atoms with Gasteiger partial charge in [-0.3, -0.25) is 0 Å². The van der Waals surface area contributed by atoms with Crippen LogP contribution in [0.1, 0.15) is 19.8 Å². The van der Waals surface area contributed by atoms with E-state index in [1.54, 1.807) is 10.7 Å². The highest BCUT2D eigenvalue weighted by molar-refractivity contribution is 5.05. The van der Waals surface area contributed by atoms with Gasteiger partial charge in [-0.2, -0.15) is 5.10 Å². The number of aryl methyl sites for hydroxylation is 1. The van der Waals surface area contributed by atoms with E-state index >= 15 is 0 Å². The predicted octanol–water partition coefficient (Wildman–Crippen LogP) is 1.40. The van der Waals surface area contributed by atoms with Crippen molar-refractivity contribution >= 4 is 0 Å². The highest BCUT2D eigenvalue weighted by atomic mass is 16.5. The number of ether oxygens (including phenoxy) is 1. The smallest absolute Gasteiger partial charge is 0.212 e. The molecule has 0 fully saturated rings. The molecule has 11 heavy (non-hydrogen) atoms. The van der Waals surface area contributed by atoms with Crippen LogP contribution in [-0.4, -0.2) is 16.4 Å². The van der Waals surface area contributed by atoms with E-state index in [0.717, 1.165) is 25.3 Å². The summed E-state index contributed by atoms with van der Waals surface area (Å²) in [6.45, 7) is 2.91. The molecule has 0 saturated heterocycles. The summed E-state index contributed by atoms with van der Waals surface area (Å²) in [7, 11) is 1.85. The summed E-state index contributed by atoms with van der Waals surface area (Å²) < 4.78 is 7.06. The third-order valence-electron chi connectivity index (χ3n) is 1.46. The SMILES string of the molecule is CCCCOc1c[c]nn1C. The van der Waals surface area contributed by atoms with E-state index in [9.17, 15) is 0 Å². The second-order valence-corrected chi connectivity index (χ2v) is 2.44. The molecule has 0 spiro atoms. The highest BCUT2D eigenvalue weighted by Crippen LogP contribution is 2.06. The first-order chi connectivity index (χ1) is 5.34. The molecule has 1 rings (SSSR count). The van der Waals surface area contributed by atoms with Gasteiger partial charge in [-0.15, -0.1) is 0 Å². The van der Waals surface area contributed by atoms with E-state index in [-0.39, 0.29) is 0 Å². The molecular formula is C8H13N2O. The monoisotopic (exact) mass is 153 g/mol. The number of rotatable bonds is 4. The van der Waals surface area contributed by atoms with Crippen LogP contribution < -0.4 is 4.74 Å². The Morgan fingerprint density at radius 1 is 1.73 bits per heavy atom. The van der Waals surface area contributed by atoms with E-state index < -0.39 is 0 Å². The van der Waals surface area contributed by atoms with Gasteiger partial charge in [0.05, 0.1) is 6.61 Å². The van der Waals surface area contributed by atoms with Gasteiger partial charge in [0.2, 0.25) is 5.88 Å². The number of hydrogen-bond donors (Lipinski definition) is 0. The second-order valence-electron chi connectivity index (χ2n) is 2.44. The van der Waals surface area contributed by atoms with E-state index in [1.807, 2.05) is 7.05 Å². The van der Waals surface area contributed by atoms with Gasteiger partial charge >= 0.3 is 0 Å². The fourth-order valence-corrected chi connectivity index (χ4v) is 0.770. The lowest BCUT2D eigenvalue weighted by atomic mass is 10.4. The van der Waals surface area contributed by atoms with Crippen LogP contribution in [0.4, 0.5) is 0 Å². The van der Waals surface area contributed by atoms with Crippen molar-refractivity contribution in [3.05, 3.63) is 12.3 Å². The van der Waals surface area contributed by atoms with Gasteiger partial charge in [0.1, 0.15) is 6.20 Å². The third-order valence-corrected chi connectivity index (χ3v) is 1.46. The molecule has 0 atom stereocenters. The maximum absolute atomic E-state index is 5.39. The fourth-order valence-electron chi connectivity index (χ4n) is 0.770. The number of nitrogens with zero attached hydrogens (tertiary/aromatic N) is 2. The van der Waals surface area contributed by atoms with Crippen LogP contribution in [0.2, 0.25) is 0 Å².